The van der Waals surface area contributed by atoms with Crippen LogP contribution in [-0.2, 0) is 6.42 Å². The molecular formula is C37H27N. The number of anilines is 3. The normalized spacial score (nSPS) is 11.6. The molecule has 1 aliphatic rings. The van der Waals surface area contributed by atoms with Crippen molar-refractivity contribution in [3.8, 4) is 33.4 Å². The molecule has 38 heavy (non-hydrogen) atoms. The van der Waals surface area contributed by atoms with Gasteiger partial charge in [-0.3, -0.25) is 0 Å². The standard InChI is InChI=1S/C37H27N/c1-3-10-27(11-4-1)29-13-9-16-35(25-29)38(33-14-5-2-6-15-33)34-22-20-28(21-23-34)30-18-19-32-24-31-12-7-8-17-36(31)37(32)26-30/h1-23,25-26H,24H2. The van der Waals surface area contributed by atoms with Gasteiger partial charge in [0.2, 0.25) is 0 Å². The zero-order chi connectivity index (χ0) is 25.3. The van der Waals surface area contributed by atoms with Gasteiger partial charge in [-0.2, -0.15) is 0 Å². The van der Waals surface area contributed by atoms with Crippen molar-refractivity contribution in [2.75, 3.05) is 4.90 Å². The summed E-state index contributed by atoms with van der Waals surface area (Å²) in [5.41, 5.74) is 13.9. The number of para-hydroxylation sites is 1. The first kappa shape index (κ1) is 22.3. The minimum atomic E-state index is 1.03. The van der Waals surface area contributed by atoms with Gasteiger partial charge in [0, 0.05) is 17.1 Å². The van der Waals surface area contributed by atoms with Gasteiger partial charge >= 0.3 is 0 Å². The Balaban J connectivity index is 1.27. The first-order valence-corrected chi connectivity index (χ1v) is 13.2. The fourth-order valence-electron chi connectivity index (χ4n) is 5.59. The molecule has 0 atom stereocenters. The van der Waals surface area contributed by atoms with Gasteiger partial charge in [0.15, 0.2) is 0 Å². The lowest BCUT2D eigenvalue weighted by Gasteiger charge is -2.26. The molecule has 0 aromatic heterocycles. The third-order valence-corrected chi connectivity index (χ3v) is 7.48. The molecule has 6 aromatic rings. The van der Waals surface area contributed by atoms with Crippen LogP contribution in [0, 0.1) is 0 Å². The van der Waals surface area contributed by atoms with Gasteiger partial charge in [0.1, 0.15) is 0 Å². The summed E-state index contributed by atoms with van der Waals surface area (Å²) in [6.45, 7) is 0. The molecule has 0 radical (unpaired) electrons. The maximum Gasteiger partial charge on any atom is 0.0467 e. The first-order chi connectivity index (χ1) is 18.8. The van der Waals surface area contributed by atoms with E-state index in [4.69, 9.17) is 0 Å². The van der Waals surface area contributed by atoms with Crippen LogP contribution in [0.4, 0.5) is 17.1 Å². The number of rotatable bonds is 5. The molecule has 0 N–H and O–H groups in total. The fraction of sp³-hybridized carbons (Fsp3) is 0.0270. The van der Waals surface area contributed by atoms with E-state index in [-0.39, 0.29) is 0 Å². The van der Waals surface area contributed by atoms with Gasteiger partial charge in [-0.15, -0.1) is 0 Å². The van der Waals surface area contributed by atoms with Crippen molar-refractivity contribution in [1.29, 1.82) is 0 Å². The summed E-state index contributed by atoms with van der Waals surface area (Å²) in [6, 6.07) is 54.6. The van der Waals surface area contributed by atoms with Crippen LogP contribution in [0.15, 0.2) is 152 Å². The SMILES string of the molecule is c1ccc(-c2cccc(N(c3ccccc3)c3ccc(-c4ccc5c(c4)-c4ccccc4C5)cc3)c2)cc1. The van der Waals surface area contributed by atoms with E-state index in [2.05, 4.69) is 157 Å². The van der Waals surface area contributed by atoms with E-state index in [0.29, 0.717) is 0 Å². The highest BCUT2D eigenvalue weighted by Gasteiger charge is 2.18. The van der Waals surface area contributed by atoms with E-state index < -0.39 is 0 Å². The zero-order valence-corrected chi connectivity index (χ0v) is 21.1. The van der Waals surface area contributed by atoms with E-state index >= 15 is 0 Å². The molecule has 1 heteroatoms. The molecule has 0 fully saturated rings. The molecule has 7 rings (SSSR count). The van der Waals surface area contributed by atoms with Gasteiger partial charge in [-0.05, 0) is 93.4 Å². The number of fused-ring (bicyclic) bond motifs is 3. The van der Waals surface area contributed by atoms with Crippen molar-refractivity contribution < 1.29 is 0 Å². The lowest BCUT2D eigenvalue weighted by molar-refractivity contribution is 1.26. The lowest BCUT2D eigenvalue weighted by atomic mass is 9.98. The predicted molar refractivity (Wildman–Crippen MR) is 160 cm³/mol. The van der Waals surface area contributed by atoms with Crippen molar-refractivity contribution in [3.05, 3.63) is 163 Å². The average molecular weight is 486 g/mol. The van der Waals surface area contributed by atoms with E-state index in [9.17, 15) is 0 Å². The molecule has 0 amide bonds. The van der Waals surface area contributed by atoms with Crippen LogP contribution in [0.1, 0.15) is 11.1 Å². The van der Waals surface area contributed by atoms with Crippen LogP contribution in [0.25, 0.3) is 33.4 Å². The van der Waals surface area contributed by atoms with Crippen molar-refractivity contribution in [1.82, 2.24) is 0 Å². The summed E-state index contributed by atoms with van der Waals surface area (Å²) < 4.78 is 0. The Labute approximate surface area is 224 Å². The maximum atomic E-state index is 2.36. The van der Waals surface area contributed by atoms with E-state index in [1.54, 1.807) is 0 Å². The zero-order valence-electron chi connectivity index (χ0n) is 21.1. The van der Waals surface area contributed by atoms with Gasteiger partial charge in [0.05, 0.1) is 0 Å². The van der Waals surface area contributed by atoms with Crippen LogP contribution in [0.3, 0.4) is 0 Å². The number of nitrogens with zero attached hydrogens (tertiary/aromatic N) is 1. The molecule has 1 aliphatic carbocycles. The largest absolute Gasteiger partial charge is 0.310 e. The Hall–Kier alpha value is -4.88. The minimum Gasteiger partial charge on any atom is -0.310 e. The quantitative estimate of drug-likeness (QED) is 0.234. The van der Waals surface area contributed by atoms with Gasteiger partial charge < -0.3 is 4.90 Å². The van der Waals surface area contributed by atoms with E-state index in [1.165, 1.54) is 44.5 Å². The average Bonchev–Trinajstić information content (AvgIpc) is 3.37. The molecule has 1 nitrogen and oxygen atoms in total. The second-order valence-electron chi connectivity index (χ2n) is 9.84. The van der Waals surface area contributed by atoms with Crippen molar-refractivity contribution in [2.45, 2.75) is 6.42 Å². The highest BCUT2D eigenvalue weighted by molar-refractivity contribution is 5.83. The molecule has 0 saturated heterocycles. The Kier molecular flexibility index (Phi) is 5.60. The van der Waals surface area contributed by atoms with E-state index in [0.717, 1.165) is 23.5 Å². The second kappa shape index (κ2) is 9.53. The molecule has 0 aliphatic heterocycles. The topological polar surface area (TPSA) is 3.24 Å². The van der Waals surface area contributed by atoms with Crippen LogP contribution < -0.4 is 4.90 Å². The molecule has 0 unspecified atom stereocenters. The molecule has 180 valence electrons. The smallest absolute Gasteiger partial charge is 0.0467 e. The van der Waals surface area contributed by atoms with Crippen LogP contribution in [0.2, 0.25) is 0 Å². The van der Waals surface area contributed by atoms with Gasteiger partial charge in [0.25, 0.3) is 0 Å². The summed E-state index contributed by atoms with van der Waals surface area (Å²) in [5, 5.41) is 0. The summed E-state index contributed by atoms with van der Waals surface area (Å²) in [6.07, 6.45) is 1.03. The van der Waals surface area contributed by atoms with Crippen LogP contribution in [-0.4, -0.2) is 0 Å². The highest BCUT2D eigenvalue weighted by atomic mass is 15.1. The second-order valence-corrected chi connectivity index (χ2v) is 9.84. The fourth-order valence-corrected chi connectivity index (χ4v) is 5.59. The van der Waals surface area contributed by atoms with Crippen molar-refractivity contribution in [3.63, 3.8) is 0 Å². The minimum absolute atomic E-state index is 1.03. The number of hydrogen-bond acceptors (Lipinski definition) is 1. The highest BCUT2D eigenvalue weighted by Crippen LogP contribution is 2.40. The summed E-state index contributed by atoms with van der Waals surface area (Å²) in [4.78, 5) is 2.33. The van der Waals surface area contributed by atoms with Crippen molar-refractivity contribution >= 4 is 17.1 Å². The Morgan fingerprint density at radius 2 is 0.895 bits per heavy atom. The predicted octanol–water partition coefficient (Wildman–Crippen LogP) is 10.1. The summed E-state index contributed by atoms with van der Waals surface area (Å²) in [5.74, 6) is 0. The lowest BCUT2D eigenvalue weighted by Crippen LogP contribution is -2.09. The monoisotopic (exact) mass is 485 g/mol. The Morgan fingerprint density at radius 3 is 1.71 bits per heavy atom. The third-order valence-electron chi connectivity index (χ3n) is 7.48. The summed E-state index contributed by atoms with van der Waals surface area (Å²) in [7, 11) is 0. The molecule has 0 spiro atoms. The van der Waals surface area contributed by atoms with Crippen LogP contribution >= 0.6 is 0 Å². The van der Waals surface area contributed by atoms with Crippen LogP contribution in [0.5, 0.6) is 0 Å². The molecule has 0 saturated carbocycles. The van der Waals surface area contributed by atoms with E-state index in [1.807, 2.05) is 0 Å². The van der Waals surface area contributed by atoms with Gasteiger partial charge in [-0.1, -0.05) is 109 Å². The molecule has 0 bridgehead atoms. The number of benzene rings is 6. The first-order valence-electron chi connectivity index (χ1n) is 13.2. The third kappa shape index (κ3) is 4.09. The Bertz CT molecular complexity index is 1720. The van der Waals surface area contributed by atoms with Gasteiger partial charge in [-0.25, -0.2) is 0 Å². The molecule has 0 heterocycles. The molecular weight excluding hydrogens is 458 g/mol. The molecule has 6 aromatic carbocycles. The van der Waals surface area contributed by atoms with Crippen molar-refractivity contribution in [2.24, 2.45) is 0 Å². The summed E-state index contributed by atoms with van der Waals surface area (Å²) >= 11 is 0. The number of hydrogen-bond donors (Lipinski definition) is 0. The maximum absolute atomic E-state index is 2.36. The Morgan fingerprint density at radius 1 is 0.342 bits per heavy atom.